The molecular weight excluding hydrogens is 244 g/mol. The highest BCUT2D eigenvalue weighted by Crippen LogP contribution is 2.14. The molecule has 2 aromatic rings. The van der Waals surface area contributed by atoms with Gasteiger partial charge in [0.25, 0.3) is 5.69 Å². The van der Waals surface area contributed by atoms with Gasteiger partial charge in [-0.15, -0.1) is 0 Å². The lowest BCUT2D eigenvalue weighted by Crippen LogP contribution is -1.95. The van der Waals surface area contributed by atoms with Gasteiger partial charge in [-0.05, 0) is 25.0 Å². The number of nitrogen functional groups attached to an aromatic ring is 1. The summed E-state index contributed by atoms with van der Waals surface area (Å²) in [6.45, 7) is 1.81. The van der Waals surface area contributed by atoms with Crippen LogP contribution in [-0.2, 0) is 7.05 Å². The highest BCUT2D eigenvalue weighted by atomic mass is 16.6. The first kappa shape index (κ1) is 12.6. The van der Waals surface area contributed by atoms with E-state index < -0.39 is 4.92 Å². The van der Waals surface area contributed by atoms with Gasteiger partial charge in [-0.25, -0.2) is 0 Å². The van der Waals surface area contributed by atoms with Crippen molar-refractivity contribution in [2.24, 2.45) is 7.05 Å². The molecule has 0 saturated carbocycles. The van der Waals surface area contributed by atoms with Crippen LogP contribution in [-0.4, -0.2) is 14.7 Å². The van der Waals surface area contributed by atoms with Crippen molar-refractivity contribution in [3.63, 3.8) is 0 Å². The first-order valence-corrected chi connectivity index (χ1v) is 5.54. The van der Waals surface area contributed by atoms with Gasteiger partial charge in [0.2, 0.25) is 0 Å². The molecule has 2 N–H and O–H groups in total. The Hall–Kier alpha value is -2.81. The molecular formula is C13H12N4O2. The summed E-state index contributed by atoms with van der Waals surface area (Å²) >= 11 is 0. The summed E-state index contributed by atoms with van der Waals surface area (Å²) in [5.41, 5.74) is 8.50. The Morgan fingerprint density at radius 3 is 2.42 bits per heavy atom. The molecule has 1 aromatic carbocycles. The van der Waals surface area contributed by atoms with E-state index in [4.69, 9.17) is 5.73 Å². The molecule has 0 aliphatic rings. The van der Waals surface area contributed by atoms with Crippen LogP contribution in [0.5, 0.6) is 0 Å². The molecule has 1 aromatic heterocycles. The number of nitro benzene ring substituents is 1. The van der Waals surface area contributed by atoms with Crippen LogP contribution < -0.4 is 5.73 Å². The average molecular weight is 256 g/mol. The maximum absolute atomic E-state index is 10.5. The number of hydrogen-bond acceptors (Lipinski definition) is 4. The second-order valence-electron chi connectivity index (χ2n) is 4.03. The minimum absolute atomic E-state index is 0.0430. The van der Waals surface area contributed by atoms with E-state index in [0.29, 0.717) is 16.9 Å². The largest absolute Gasteiger partial charge is 0.395 e. The number of nitrogens with zero attached hydrogens (tertiary/aromatic N) is 3. The highest BCUT2D eigenvalue weighted by Gasteiger charge is 2.07. The molecule has 6 nitrogen and oxygen atoms in total. The summed E-state index contributed by atoms with van der Waals surface area (Å²) in [7, 11) is 1.77. The van der Waals surface area contributed by atoms with Gasteiger partial charge in [0.05, 0.1) is 16.3 Å². The molecule has 0 spiro atoms. The first-order chi connectivity index (χ1) is 8.99. The molecule has 0 aliphatic carbocycles. The molecule has 0 unspecified atom stereocenters. The van der Waals surface area contributed by atoms with Gasteiger partial charge in [-0.3, -0.25) is 14.8 Å². The fourth-order valence-corrected chi connectivity index (χ4v) is 1.62. The van der Waals surface area contributed by atoms with E-state index >= 15 is 0 Å². The Morgan fingerprint density at radius 2 is 1.95 bits per heavy atom. The number of hydrogen-bond donors (Lipinski definition) is 1. The zero-order chi connectivity index (χ0) is 14.0. The van der Waals surface area contributed by atoms with Gasteiger partial charge in [0, 0.05) is 24.7 Å². The molecule has 0 fully saturated rings. The monoisotopic (exact) mass is 256 g/mol. The molecule has 19 heavy (non-hydrogen) atoms. The summed E-state index contributed by atoms with van der Waals surface area (Å²) in [5, 5.41) is 14.7. The number of aromatic nitrogens is 2. The van der Waals surface area contributed by atoms with E-state index in [0.717, 1.165) is 5.69 Å². The highest BCUT2D eigenvalue weighted by molar-refractivity contribution is 5.57. The molecule has 0 saturated heterocycles. The smallest absolute Gasteiger partial charge is 0.269 e. The predicted octanol–water partition coefficient (Wildman–Crippen LogP) is 1.62. The normalized spacial score (nSPS) is 9.79. The Bertz CT molecular complexity index is 690. The van der Waals surface area contributed by atoms with Gasteiger partial charge < -0.3 is 5.73 Å². The second kappa shape index (κ2) is 4.82. The second-order valence-corrected chi connectivity index (χ2v) is 4.03. The molecule has 0 aliphatic heterocycles. The summed E-state index contributed by atoms with van der Waals surface area (Å²) in [5.74, 6) is 5.83. The van der Waals surface area contributed by atoms with Crippen molar-refractivity contribution < 1.29 is 4.92 Å². The topological polar surface area (TPSA) is 87.0 Å². The van der Waals surface area contributed by atoms with Crippen LogP contribution in [0.3, 0.4) is 0 Å². The number of nitrogens with two attached hydrogens (primary N) is 1. The SMILES string of the molecule is Cc1nn(C)c(C#Cc2ccc([N+](=O)[O-])cc2)c1N. The van der Waals surface area contributed by atoms with Crippen LogP contribution in [0.2, 0.25) is 0 Å². The number of benzene rings is 1. The minimum Gasteiger partial charge on any atom is -0.395 e. The van der Waals surface area contributed by atoms with E-state index in [-0.39, 0.29) is 5.69 Å². The number of rotatable bonds is 1. The van der Waals surface area contributed by atoms with Crippen molar-refractivity contribution in [1.82, 2.24) is 9.78 Å². The third-order valence-electron chi connectivity index (χ3n) is 2.67. The zero-order valence-corrected chi connectivity index (χ0v) is 10.5. The predicted molar refractivity (Wildman–Crippen MR) is 71.4 cm³/mol. The van der Waals surface area contributed by atoms with Gasteiger partial charge in [0.15, 0.2) is 0 Å². The maximum atomic E-state index is 10.5. The van der Waals surface area contributed by atoms with Crippen LogP contribution in [0.25, 0.3) is 0 Å². The Balaban J connectivity index is 2.31. The molecule has 1 heterocycles. The Kier molecular flexibility index (Phi) is 3.21. The first-order valence-electron chi connectivity index (χ1n) is 5.54. The van der Waals surface area contributed by atoms with Crippen molar-refractivity contribution >= 4 is 11.4 Å². The lowest BCUT2D eigenvalue weighted by molar-refractivity contribution is -0.384. The third kappa shape index (κ3) is 2.55. The zero-order valence-electron chi connectivity index (χ0n) is 10.5. The Labute approximate surface area is 110 Å². The fraction of sp³-hybridized carbons (Fsp3) is 0.154. The lowest BCUT2D eigenvalue weighted by atomic mass is 10.2. The lowest BCUT2D eigenvalue weighted by Gasteiger charge is -1.93. The van der Waals surface area contributed by atoms with E-state index in [1.54, 1.807) is 23.9 Å². The van der Waals surface area contributed by atoms with Crippen molar-refractivity contribution in [2.75, 3.05) is 5.73 Å². The van der Waals surface area contributed by atoms with Gasteiger partial charge >= 0.3 is 0 Å². The van der Waals surface area contributed by atoms with Crippen LogP contribution in [0, 0.1) is 28.9 Å². The summed E-state index contributed by atoms with van der Waals surface area (Å²) in [6.07, 6.45) is 0. The summed E-state index contributed by atoms with van der Waals surface area (Å²) in [6, 6.07) is 6.04. The summed E-state index contributed by atoms with van der Waals surface area (Å²) in [4.78, 5) is 10.1. The van der Waals surface area contributed by atoms with E-state index in [1.165, 1.54) is 12.1 Å². The van der Waals surface area contributed by atoms with Gasteiger partial charge in [0.1, 0.15) is 5.69 Å². The molecule has 0 atom stereocenters. The molecule has 2 rings (SSSR count). The van der Waals surface area contributed by atoms with Crippen LogP contribution in [0.4, 0.5) is 11.4 Å². The van der Waals surface area contributed by atoms with Crippen molar-refractivity contribution in [2.45, 2.75) is 6.92 Å². The number of anilines is 1. The minimum atomic E-state index is -0.445. The van der Waals surface area contributed by atoms with Crippen molar-refractivity contribution in [1.29, 1.82) is 0 Å². The molecule has 0 radical (unpaired) electrons. The molecule has 0 bridgehead atoms. The Morgan fingerprint density at radius 1 is 1.32 bits per heavy atom. The molecule has 0 amide bonds. The van der Waals surface area contributed by atoms with Crippen LogP contribution in [0.15, 0.2) is 24.3 Å². The molecule has 96 valence electrons. The van der Waals surface area contributed by atoms with E-state index in [2.05, 4.69) is 16.9 Å². The number of nitro groups is 1. The van der Waals surface area contributed by atoms with Gasteiger partial charge in [-0.1, -0.05) is 5.92 Å². The van der Waals surface area contributed by atoms with E-state index in [9.17, 15) is 10.1 Å². The quantitative estimate of drug-likeness (QED) is 0.477. The fourth-order valence-electron chi connectivity index (χ4n) is 1.62. The van der Waals surface area contributed by atoms with Crippen molar-refractivity contribution in [3.05, 3.63) is 51.3 Å². The maximum Gasteiger partial charge on any atom is 0.269 e. The van der Waals surface area contributed by atoms with Crippen molar-refractivity contribution in [3.8, 4) is 11.8 Å². The average Bonchev–Trinajstić information content (AvgIpc) is 2.62. The van der Waals surface area contributed by atoms with E-state index in [1.807, 2.05) is 6.92 Å². The third-order valence-corrected chi connectivity index (χ3v) is 2.67. The number of aryl methyl sites for hydroxylation is 2. The standard InChI is InChI=1S/C13H12N4O2/c1-9-13(14)12(16(2)15-9)8-5-10-3-6-11(7-4-10)17(18)19/h3-4,6-7H,14H2,1-2H3. The van der Waals surface area contributed by atoms with Crippen LogP contribution >= 0.6 is 0 Å². The number of non-ortho nitro benzene ring substituents is 1. The van der Waals surface area contributed by atoms with Gasteiger partial charge in [-0.2, -0.15) is 5.10 Å². The van der Waals surface area contributed by atoms with Crippen LogP contribution in [0.1, 0.15) is 17.0 Å². The molecule has 6 heteroatoms. The summed E-state index contributed by atoms with van der Waals surface area (Å²) < 4.78 is 1.61.